The summed E-state index contributed by atoms with van der Waals surface area (Å²) in [5, 5.41) is 4.78. The molecular formula is C25H22ClN3O2S2. The van der Waals surface area contributed by atoms with Gasteiger partial charge in [-0.25, -0.2) is 4.98 Å². The SMILES string of the molecule is Cc1ccc(NC(=O)CSc2nc3sc4c(c3c(=O)n2-c2ccc(Cl)cc2)CCC4)c(C)c1. The molecule has 5 nitrogen and oxygen atoms in total. The van der Waals surface area contributed by atoms with Crippen LogP contribution in [0, 0.1) is 13.8 Å². The lowest BCUT2D eigenvalue weighted by atomic mass is 10.1. The van der Waals surface area contributed by atoms with Crippen LogP contribution in [0.5, 0.6) is 0 Å². The number of thioether (sulfide) groups is 1. The Bertz CT molecular complexity index is 1440. The Balaban J connectivity index is 1.50. The van der Waals surface area contributed by atoms with Crippen LogP contribution in [0.25, 0.3) is 15.9 Å². The van der Waals surface area contributed by atoms with Gasteiger partial charge in [0.05, 0.1) is 16.8 Å². The first-order valence-electron chi connectivity index (χ1n) is 10.7. The number of hydrogen-bond donors (Lipinski definition) is 1. The van der Waals surface area contributed by atoms with Gasteiger partial charge in [0.2, 0.25) is 5.91 Å². The fraction of sp³-hybridized carbons (Fsp3) is 0.240. The first kappa shape index (κ1) is 22.2. The van der Waals surface area contributed by atoms with Crippen LogP contribution in [0.4, 0.5) is 5.69 Å². The van der Waals surface area contributed by atoms with Crippen molar-refractivity contribution in [1.82, 2.24) is 9.55 Å². The van der Waals surface area contributed by atoms with Gasteiger partial charge in [0.15, 0.2) is 5.16 Å². The maximum absolute atomic E-state index is 13.7. The second-order valence-corrected chi connectivity index (χ2v) is 10.7. The van der Waals surface area contributed by atoms with Crippen molar-refractivity contribution in [3.05, 3.63) is 79.4 Å². The second kappa shape index (κ2) is 8.97. The number of anilines is 1. The zero-order valence-corrected chi connectivity index (χ0v) is 20.7. The van der Waals surface area contributed by atoms with E-state index in [0.717, 1.165) is 46.5 Å². The summed E-state index contributed by atoms with van der Waals surface area (Å²) < 4.78 is 1.61. The predicted octanol–water partition coefficient (Wildman–Crippen LogP) is 5.94. The Kier molecular flexibility index (Phi) is 6.03. The highest BCUT2D eigenvalue weighted by molar-refractivity contribution is 7.99. The molecule has 4 aromatic rings. The second-order valence-electron chi connectivity index (χ2n) is 8.20. The number of aromatic nitrogens is 2. The number of amides is 1. The van der Waals surface area contributed by atoms with Gasteiger partial charge >= 0.3 is 0 Å². The summed E-state index contributed by atoms with van der Waals surface area (Å²) in [5.41, 5.74) is 4.69. The van der Waals surface area contributed by atoms with E-state index in [-0.39, 0.29) is 17.2 Å². The minimum atomic E-state index is -0.141. The van der Waals surface area contributed by atoms with Crippen LogP contribution < -0.4 is 10.9 Å². The van der Waals surface area contributed by atoms with Gasteiger partial charge < -0.3 is 5.32 Å². The minimum Gasteiger partial charge on any atom is -0.325 e. The zero-order chi connectivity index (χ0) is 23.1. The molecule has 0 saturated carbocycles. The number of nitrogens with one attached hydrogen (secondary N) is 1. The van der Waals surface area contributed by atoms with Crippen molar-refractivity contribution < 1.29 is 4.79 Å². The van der Waals surface area contributed by atoms with Gasteiger partial charge in [-0.2, -0.15) is 0 Å². The quantitative estimate of drug-likeness (QED) is 0.275. The zero-order valence-electron chi connectivity index (χ0n) is 18.3. The number of rotatable bonds is 5. The molecule has 5 rings (SSSR count). The average molecular weight is 496 g/mol. The number of fused-ring (bicyclic) bond motifs is 3. The lowest BCUT2D eigenvalue weighted by Crippen LogP contribution is -2.23. The highest BCUT2D eigenvalue weighted by Crippen LogP contribution is 2.36. The van der Waals surface area contributed by atoms with Crippen LogP contribution >= 0.6 is 34.7 Å². The molecule has 2 heterocycles. The number of carbonyl (C=O) groups is 1. The molecule has 33 heavy (non-hydrogen) atoms. The fourth-order valence-electron chi connectivity index (χ4n) is 4.21. The smallest absolute Gasteiger partial charge is 0.267 e. The molecule has 0 aliphatic heterocycles. The molecule has 0 fully saturated rings. The first-order valence-corrected chi connectivity index (χ1v) is 12.9. The normalized spacial score (nSPS) is 12.8. The van der Waals surface area contributed by atoms with Crippen LogP contribution in [0.2, 0.25) is 5.02 Å². The van der Waals surface area contributed by atoms with E-state index in [1.54, 1.807) is 28.0 Å². The van der Waals surface area contributed by atoms with Crippen LogP contribution in [0.15, 0.2) is 52.4 Å². The third-order valence-corrected chi connectivity index (χ3v) is 8.16. The molecule has 2 aromatic carbocycles. The average Bonchev–Trinajstić information content (AvgIpc) is 3.36. The van der Waals surface area contributed by atoms with Gasteiger partial charge in [0.1, 0.15) is 4.83 Å². The summed E-state index contributed by atoms with van der Waals surface area (Å²) >= 11 is 8.94. The molecule has 0 atom stereocenters. The molecule has 0 saturated heterocycles. The monoisotopic (exact) mass is 495 g/mol. The summed E-state index contributed by atoms with van der Waals surface area (Å²) in [7, 11) is 0. The molecule has 2 aromatic heterocycles. The summed E-state index contributed by atoms with van der Waals surface area (Å²) in [4.78, 5) is 33.2. The van der Waals surface area contributed by atoms with Gasteiger partial charge in [-0.15, -0.1) is 11.3 Å². The molecule has 1 aliphatic carbocycles. The Labute approximate surface area is 204 Å². The van der Waals surface area contributed by atoms with Gasteiger partial charge in [-0.1, -0.05) is 41.1 Å². The Morgan fingerprint density at radius 3 is 2.73 bits per heavy atom. The van der Waals surface area contributed by atoms with Crippen LogP contribution in [0.1, 0.15) is 28.0 Å². The van der Waals surface area contributed by atoms with Gasteiger partial charge in [0, 0.05) is 15.6 Å². The molecule has 0 bridgehead atoms. The van der Waals surface area contributed by atoms with Gasteiger partial charge in [-0.3, -0.25) is 14.2 Å². The number of halogens is 1. The highest BCUT2D eigenvalue weighted by Gasteiger charge is 2.24. The van der Waals surface area contributed by atoms with E-state index in [1.807, 2.05) is 44.2 Å². The van der Waals surface area contributed by atoms with Crippen molar-refractivity contribution >= 4 is 56.5 Å². The molecule has 168 valence electrons. The Morgan fingerprint density at radius 2 is 1.97 bits per heavy atom. The van der Waals surface area contributed by atoms with Crippen molar-refractivity contribution in [2.24, 2.45) is 0 Å². The van der Waals surface area contributed by atoms with Crippen molar-refractivity contribution in [1.29, 1.82) is 0 Å². The van der Waals surface area contributed by atoms with E-state index in [4.69, 9.17) is 16.6 Å². The maximum atomic E-state index is 13.7. The van der Waals surface area contributed by atoms with Gasteiger partial charge in [-0.05, 0) is 74.6 Å². The third-order valence-electron chi connectivity index (χ3n) is 5.78. The van der Waals surface area contributed by atoms with E-state index >= 15 is 0 Å². The lowest BCUT2D eigenvalue weighted by Gasteiger charge is -2.13. The predicted molar refractivity (Wildman–Crippen MR) is 138 cm³/mol. The Morgan fingerprint density at radius 1 is 1.18 bits per heavy atom. The molecule has 1 aliphatic rings. The van der Waals surface area contributed by atoms with Crippen molar-refractivity contribution in [2.45, 2.75) is 38.3 Å². The molecule has 0 spiro atoms. The number of thiophene rings is 1. The van der Waals surface area contributed by atoms with Crippen LogP contribution in [0.3, 0.4) is 0 Å². The minimum absolute atomic E-state index is 0.0843. The Hall–Kier alpha value is -2.61. The van der Waals surface area contributed by atoms with E-state index < -0.39 is 0 Å². The van der Waals surface area contributed by atoms with E-state index in [1.165, 1.54) is 16.6 Å². The summed E-state index contributed by atoms with van der Waals surface area (Å²) in [5.74, 6) is 0.00172. The van der Waals surface area contributed by atoms with E-state index in [2.05, 4.69) is 5.32 Å². The molecule has 8 heteroatoms. The molecule has 1 amide bonds. The molecule has 1 N–H and O–H groups in total. The lowest BCUT2D eigenvalue weighted by molar-refractivity contribution is -0.113. The largest absolute Gasteiger partial charge is 0.325 e. The summed E-state index contributed by atoms with van der Waals surface area (Å²) in [6.07, 6.45) is 2.99. The number of nitrogens with zero attached hydrogens (tertiary/aromatic N) is 2. The number of benzene rings is 2. The third kappa shape index (κ3) is 4.33. The topological polar surface area (TPSA) is 64.0 Å². The van der Waals surface area contributed by atoms with E-state index in [0.29, 0.717) is 21.3 Å². The first-order chi connectivity index (χ1) is 15.9. The number of hydrogen-bond acceptors (Lipinski definition) is 5. The van der Waals surface area contributed by atoms with Crippen LogP contribution in [-0.4, -0.2) is 21.2 Å². The number of carbonyl (C=O) groups excluding carboxylic acids is 1. The van der Waals surface area contributed by atoms with Gasteiger partial charge in [0.25, 0.3) is 5.56 Å². The fourth-order valence-corrected chi connectivity index (χ4v) is 6.45. The van der Waals surface area contributed by atoms with Crippen molar-refractivity contribution in [3.63, 3.8) is 0 Å². The molecule has 0 unspecified atom stereocenters. The van der Waals surface area contributed by atoms with E-state index in [9.17, 15) is 9.59 Å². The highest BCUT2D eigenvalue weighted by atomic mass is 35.5. The molecule has 0 radical (unpaired) electrons. The number of aryl methyl sites for hydroxylation is 4. The summed E-state index contributed by atoms with van der Waals surface area (Å²) in [6.45, 7) is 3.99. The van der Waals surface area contributed by atoms with Crippen LogP contribution in [-0.2, 0) is 17.6 Å². The standard InChI is InChI=1S/C25H22ClN3O2S2/c1-14-6-11-19(15(2)12-14)27-21(30)13-32-25-28-23-22(18-4-3-5-20(18)33-23)24(31)29(25)17-9-7-16(26)8-10-17/h6-12H,3-5,13H2,1-2H3,(H,27,30). The van der Waals surface area contributed by atoms with Crippen molar-refractivity contribution in [3.8, 4) is 5.69 Å². The molecular weight excluding hydrogens is 474 g/mol. The maximum Gasteiger partial charge on any atom is 0.267 e. The summed E-state index contributed by atoms with van der Waals surface area (Å²) in [6, 6.07) is 13.0. The van der Waals surface area contributed by atoms with Crippen molar-refractivity contribution in [2.75, 3.05) is 11.1 Å².